The first kappa shape index (κ1) is 16.1. The third-order valence-corrected chi connectivity index (χ3v) is 6.00. The van der Waals surface area contributed by atoms with Crippen LogP contribution in [0.3, 0.4) is 0 Å². The van der Waals surface area contributed by atoms with Crippen molar-refractivity contribution in [3.05, 3.63) is 69.8 Å². The summed E-state index contributed by atoms with van der Waals surface area (Å²) in [7, 11) is 0. The highest BCUT2D eigenvalue weighted by Gasteiger charge is 2.47. The first-order valence-corrected chi connectivity index (χ1v) is 9.03. The van der Waals surface area contributed by atoms with E-state index in [2.05, 4.69) is 31.3 Å². The highest BCUT2D eigenvalue weighted by molar-refractivity contribution is 5.80. The van der Waals surface area contributed by atoms with Crippen LogP contribution in [0, 0.1) is 16.0 Å². The van der Waals surface area contributed by atoms with Gasteiger partial charge in [0.1, 0.15) is 0 Å². The molecule has 2 atom stereocenters. The second kappa shape index (κ2) is 5.42. The lowest BCUT2D eigenvalue weighted by Crippen LogP contribution is -2.46. The van der Waals surface area contributed by atoms with E-state index in [0.717, 1.165) is 27.7 Å². The van der Waals surface area contributed by atoms with Gasteiger partial charge in [0.05, 0.1) is 23.1 Å². The zero-order valence-corrected chi connectivity index (χ0v) is 15.1. The first-order chi connectivity index (χ1) is 12.9. The second-order valence-electron chi connectivity index (χ2n) is 7.82. The molecule has 2 aliphatic rings. The topological polar surface area (TPSA) is 77.3 Å². The molecular formula is C21H19N3O3. The van der Waals surface area contributed by atoms with Crippen molar-refractivity contribution >= 4 is 22.3 Å². The predicted octanol–water partition coefficient (Wildman–Crippen LogP) is 4.60. The summed E-state index contributed by atoms with van der Waals surface area (Å²) < 4.78 is 6.04. The fourth-order valence-corrected chi connectivity index (χ4v) is 4.41. The number of nitro groups is 1. The molecule has 0 unspecified atom stereocenters. The Hall–Kier alpha value is -3.15. The van der Waals surface area contributed by atoms with Crippen LogP contribution in [0.1, 0.15) is 31.0 Å². The Bertz CT molecular complexity index is 1090. The normalized spacial score (nSPS) is 22.0. The number of benzene rings is 2. The largest absolute Gasteiger partial charge is 0.477 e. The number of anilines is 1. The minimum absolute atomic E-state index is 0.0508. The molecule has 3 heterocycles. The van der Waals surface area contributed by atoms with Crippen LogP contribution < -0.4 is 10.1 Å². The van der Waals surface area contributed by atoms with Crippen LogP contribution in [0.2, 0.25) is 0 Å². The van der Waals surface area contributed by atoms with Gasteiger partial charge in [-0.2, -0.15) is 0 Å². The molecule has 0 bridgehead atoms. The highest BCUT2D eigenvalue weighted by atomic mass is 16.6. The van der Waals surface area contributed by atoms with Gasteiger partial charge in [-0.05, 0) is 23.8 Å². The Morgan fingerprint density at radius 3 is 2.85 bits per heavy atom. The molecule has 27 heavy (non-hydrogen) atoms. The van der Waals surface area contributed by atoms with Gasteiger partial charge < -0.3 is 10.1 Å². The van der Waals surface area contributed by atoms with E-state index in [1.54, 1.807) is 12.1 Å². The average Bonchev–Trinajstić information content (AvgIpc) is 2.66. The van der Waals surface area contributed by atoms with Crippen molar-refractivity contribution in [3.63, 3.8) is 0 Å². The number of pyridine rings is 1. The summed E-state index contributed by atoms with van der Waals surface area (Å²) in [6, 6.07) is 15.3. The second-order valence-corrected chi connectivity index (χ2v) is 7.82. The minimum atomic E-state index is -0.342. The summed E-state index contributed by atoms with van der Waals surface area (Å²) >= 11 is 0. The van der Waals surface area contributed by atoms with Crippen LogP contribution in [0.15, 0.2) is 48.5 Å². The molecular weight excluding hydrogens is 342 g/mol. The number of nitrogens with zero attached hydrogens (tertiary/aromatic N) is 2. The Labute approximate surface area is 156 Å². The minimum Gasteiger partial charge on any atom is -0.477 e. The van der Waals surface area contributed by atoms with Crippen LogP contribution >= 0.6 is 0 Å². The Balaban J connectivity index is 1.66. The number of hydrogen-bond acceptors (Lipinski definition) is 5. The number of fused-ring (bicyclic) bond motifs is 5. The molecule has 0 saturated carbocycles. The van der Waals surface area contributed by atoms with Crippen LogP contribution in [0.5, 0.6) is 5.88 Å². The maximum atomic E-state index is 11.2. The van der Waals surface area contributed by atoms with Gasteiger partial charge >= 0.3 is 0 Å². The third-order valence-electron chi connectivity index (χ3n) is 6.00. The number of para-hydroxylation sites is 1. The van der Waals surface area contributed by atoms with E-state index in [-0.39, 0.29) is 28.0 Å². The molecule has 2 aliphatic heterocycles. The lowest BCUT2D eigenvalue weighted by Gasteiger charge is -2.48. The predicted molar refractivity (Wildman–Crippen MR) is 103 cm³/mol. The molecule has 0 spiro atoms. The van der Waals surface area contributed by atoms with Gasteiger partial charge in [0.15, 0.2) is 0 Å². The fraction of sp³-hybridized carbons (Fsp3) is 0.286. The van der Waals surface area contributed by atoms with Gasteiger partial charge in [-0.1, -0.05) is 32.0 Å². The van der Waals surface area contributed by atoms with Crippen molar-refractivity contribution in [2.24, 2.45) is 5.92 Å². The monoisotopic (exact) mass is 361 g/mol. The molecule has 136 valence electrons. The summed E-state index contributed by atoms with van der Waals surface area (Å²) in [5, 5.41) is 15.9. The quantitative estimate of drug-likeness (QED) is 0.506. The molecule has 5 rings (SSSR count). The Morgan fingerprint density at radius 1 is 1.22 bits per heavy atom. The summed E-state index contributed by atoms with van der Waals surface area (Å²) in [6.45, 7) is 4.79. The number of non-ortho nitro benzene ring substituents is 1. The van der Waals surface area contributed by atoms with Crippen LogP contribution in [-0.2, 0) is 5.41 Å². The summed E-state index contributed by atoms with van der Waals surface area (Å²) in [6.07, 6.45) is 0. The van der Waals surface area contributed by atoms with Gasteiger partial charge in [-0.3, -0.25) is 10.1 Å². The van der Waals surface area contributed by atoms with Crippen molar-refractivity contribution in [2.75, 3.05) is 11.9 Å². The molecule has 0 aliphatic carbocycles. The fourth-order valence-electron chi connectivity index (χ4n) is 4.41. The lowest BCUT2D eigenvalue weighted by molar-refractivity contribution is -0.385. The molecule has 1 N–H and O–H groups in total. The molecule has 1 aromatic heterocycles. The van der Waals surface area contributed by atoms with Crippen LogP contribution in [0.4, 0.5) is 11.4 Å². The maximum Gasteiger partial charge on any atom is 0.269 e. The number of ether oxygens (including phenoxy) is 1. The Morgan fingerprint density at radius 2 is 2.04 bits per heavy atom. The molecule has 0 saturated heterocycles. The van der Waals surface area contributed by atoms with Crippen molar-refractivity contribution in [3.8, 4) is 5.88 Å². The van der Waals surface area contributed by atoms with Crippen molar-refractivity contribution < 1.29 is 9.66 Å². The maximum absolute atomic E-state index is 11.2. The van der Waals surface area contributed by atoms with E-state index in [0.29, 0.717) is 12.5 Å². The SMILES string of the molecule is CC1(C)c2cc([N+](=O)[O-])ccc2N[C@H]2c3cc4ccccc4nc3OC[C@H]21. The molecule has 0 radical (unpaired) electrons. The molecule has 0 amide bonds. The van der Waals surface area contributed by atoms with E-state index in [1.807, 2.05) is 24.3 Å². The summed E-state index contributed by atoms with van der Waals surface area (Å²) in [5.74, 6) is 0.811. The molecule has 3 aromatic rings. The van der Waals surface area contributed by atoms with Crippen LogP contribution in [-0.4, -0.2) is 16.5 Å². The van der Waals surface area contributed by atoms with E-state index in [9.17, 15) is 10.1 Å². The number of nitro benzene ring substituents is 1. The molecule has 6 nitrogen and oxygen atoms in total. The third kappa shape index (κ3) is 2.29. The van der Waals surface area contributed by atoms with Crippen molar-refractivity contribution in [1.82, 2.24) is 4.98 Å². The van der Waals surface area contributed by atoms with Crippen molar-refractivity contribution in [2.45, 2.75) is 25.3 Å². The van der Waals surface area contributed by atoms with Gasteiger partial charge in [0.25, 0.3) is 5.69 Å². The number of nitrogens with one attached hydrogen (secondary N) is 1. The lowest BCUT2D eigenvalue weighted by atomic mass is 9.65. The Kier molecular flexibility index (Phi) is 3.22. The van der Waals surface area contributed by atoms with E-state index >= 15 is 0 Å². The first-order valence-electron chi connectivity index (χ1n) is 9.03. The average molecular weight is 361 g/mol. The number of aromatic nitrogens is 1. The summed E-state index contributed by atoms with van der Waals surface area (Å²) in [5.41, 5.74) is 3.70. The van der Waals surface area contributed by atoms with Gasteiger partial charge in [0.2, 0.25) is 5.88 Å². The van der Waals surface area contributed by atoms with E-state index in [4.69, 9.17) is 9.72 Å². The summed E-state index contributed by atoms with van der Waals surface area (Å²) in [4.78, 5) is 15.6. The molecule has 2 aromatic carbocycles. The zero-order valence-electron chi connectivity index (χ0n) is 15.1. The van der Waals surface area contributed by atoms with Gasteiger partial charge in [-0.15, -0.1) is 0 Å². The van der Waals surface area contributed by atoms with Gasteiger partial charge in [-0.25, -0.2) is 4.98 Å². The van der Waals surface area contributed by atoms with E-state index < -0.39 is 0 Å². The number of rotatable bonds is 1. The highest BCUT2D eigenvalue weighted by Crippen LogP contribution is 2.52. The van der Waals surface area contributed by atoms with Crippen LogP contribution in [0.25, 0.3) is 10.9 Å². The number of hydrogen-bond donors (Lipinski definition) is 1. The van der Waals surface area contributed by atoms with E-state index in [1.165, 1.54) is 0 Å². The smallest absolute Gasteiger partial charge is 0.269 e. The zero-order chi connectivity index (χ0) is 18.8. The molecule has 6 heteroatoms. The standard InChI is InChI=1S/C21H19N3O3/c1-21(2)15-10-13(24(25)26)7-8-18(15)22-19-14-9-12-5-3-4-6-17(12)23-20(14)27-11-16(19)21/h3-10,16,19,22H,11H2,1-2H3/t16-,19+/m1/s1. The van der Waals surface area contributed by atoms with Gasteiger partial charge in [0, 0.05) is 40.1 Å². The molecule has 0 fully saturated rings. The van der Waals surface area contributed by atoms with Crippen molar-refractivity contribution in [1.29, 1.82) is 0 Å².